The van der Waals surface area contributed by atoms with Gasteiger partial charge in [-0.3, -0.25) is 0 Å². The summed E-state index contributed by atoms with van der Waals surface area (Å²) in [6.07, 6.45) is -3.24. The Morgan fingerprint density at radius 1 is 1.03 bits per heavy atom. The number of alkyl halides is 3. The first kappa shape index (κ1) is 20.7. The van der Waals surface area contributed by atoms with E-state index in [9.17, 15) is 28.2 Å². The van der Waals surface area contributed by atoms with Crippen LogP contribution in [0.1, 0.15) is 27.0 Å². The van der Waals surface area contributed by atoms with Crippen LogP contribution in [-0.2, 0) is 6.18 Å². The zero-order valence-electron chi connectivity index (χ0n) is 15.5. The summed E-state index contributed by atoms with van der Waals surface area (Å²) in [6, 6.07) is 10.1. The highest BCUT2D eigenvalue weighted by molar-refractivity contribution is 5.90. The zero-order valence-corrected chi connectivity index (χ0v) is 15.5. The van der Waals surface area contributed by atoms with Crippen molar-refractivity contribution in [2.24, 2.45) is 0 Å². The number of carboxylic acid groups (broad SMARTS) is 1. The number of ether oxygens (including phenoxy) is 1. The quantitative estimate of drug-likeness (QED) is 0.615. The topological polar surface area (TPSA) is 79.7 Å². The molecule has 5 nitrogen and oxygen atoms in total. The van der Waals surface area contributed by atoms with E-state index in [1.54, 1.807) is 12.1 Å². The lowest BCUT2D eigenvalue weighted by atomic mass is 9.98. The van der Waals surface area contributed by atoms with Crippen molar-refractivity contribution in [3.8, 4) is 34.6 Å². The maximum atomic E-state index is 13.2. The third-order valence-corrected chi connectivity index (χ3v) is 4.16. The first-order valence-corrected chi connectivity index (χ1v) is 8.49. The summed E-state index contributed by atoms with van der Waals surface area (Å²) >= 11 is 0. The van der Waals surface area contributed by atoms with Crippen molar-refractivity contribution >= 4 is 5.97 Å². The molecule has 152 valence electrons. The van der Waals surface area contributed by atoms with Crippen molar-refractivity contribution < 1.29 is 32.9 Å². The van der Waals surface area contributed by atoms with Gasteiger partial charge in [0.25, 0.3) is 0 Å². The van der Waals surface area contributed by atoms with E-state index >= 15 is 0 Å². The Labute approximate surface area is 169 Å². The molecule has 1 heterocycles. The number of carboxylic acids is 1. The summed E-state index contributed by atoms with van der Waals surface area (Å²) in [5.41, 5.74) is -0.166. The molecule has 0 bridgehead atoms. The second kappa shape index (κ2) is 8.17. The number of halogens is 3. The SMILES string of the molecule is COc1ccc(-c2cc(C(=O)O)ccc2C#Cc2ccc(O)cc2C(F)(F)F)cn1. The average Bonchev–Trinajstić information content (AvgIpc) is 2.72. The first-order valence-electron chi connectivity index (χ1n) is 8.49. The molecule has 0 radical (unpaired) electrons. The van der Waals surface area contributed by atoms with E-state index in [-0.39, 0.29) is 11.1 Å². The summed E-state index contributed by atoms with van der Waals surface area (Å²) in [6.45, 7) is 0. The number of pyridine rings is 1. The smallest absolute Gasteiger partial charge is 0.417 e. The molecule has 0 aliphatic rings. The lowest BCUT2D eigenvalue weighted by Gasteiger charge is -2.10. The fraction of sp³-hybridized carbons (Fsp3) is 0.0909. The molecule has 0 aliphatic carbocycles. The van der Waals surface area contributed by atoms with Gasteiger partial charge in [0, 0.05) is 29.0 Å². The van der Waals surface area contributed by atoms with Gasteiger partial charge in [-0.1, -0.05) is 11.8 Å². The lowest BCUT2D eigenvalue weighted by Crippen LogP contribution is -2.07. The Morgan fingerprint density at radius 3 is 2.33 bits per heavy atom. The Balaban J connectivity index is 2.13. The normalized spacial score (nSPS) is 10.8. The molecule has 2 N–H and O–H groups in total. The molecule has 0 saturated carbocycles. The number of phenolic OH excluding ortho intramolecular Hbond substituents is 1. The maximum absolute atomic E-state index is 13.2. The molecule has 0 aliphatic heterocycles. The molecule has 1 aromatic heterocycles. The van der Waals surface area contributed by atoms with Crippen molar-refractivity contribution in [1.29, 1.82) is 0 Å². The number of rotatable bonds is 3. The molecule has 3 rings (SSSR count). The van der Waals surface area contributed by atoms with Gasteiger partial charge in [0.1, 0.15) is 5.75 Å². The predicted molar refractivity (Wildman–Crippen MR) is 102 cm³/mol. The highest BCUT2D eigenvalue weighted by Gasteiger charge is 2.33. The number of aromatic nitrogens is 1. The third-order valence-electron chi connectivity index (χ3n) is 4.16. The van der Waals surface area contributed by atoms with Crippen LogP contribution in [0.15, 0.2) is 54.7 Å². The third kappa shape index (κ3) is 4.52. The number of benzene rings is 2. The van der Waals surface area contributed by atoms with E-state index in [1.807, 2.05) is 0 Å². The van der Waals surface area contributed by atoms with Gasteiger partial charge in [0.15, 0.2) is 0 Å². The molecule has 0 saturated heterocycles. The summed E-state index contributed by atoms with van der Waals surface area (Å²) in [5.74, 6) is 3.81. The summed E-state index contributed by atoms with van der Waals surface area (Å²) in [5, 5.41) is 18.7. The van der Waals surface area contributed by atoms with Crippen LogP contribution in [0, 0.1) is 11.8 Å². The van der Waals surface area contributed by atoms with E-state index in [1.165, 1.54) is 31.5 Å². The van der Waals surface area contributed by atoms with Crippen molar-refractivity contribution in [1.82, 2.24) is 4.98 Å². The molecule has 0 unspecified atom stereocenters. The van der Waals surface area contributed by atoms with Gasteiger partial charge >= 0.3 is 12.1 Å². The zero-order chi connectivity index (χ0) is 21.9. The van der Waals surface area contributed by atoms with Crippen LogP contribution in [0.4, 0.5) is 13.2 Å². The minimum Gasteiger partial charge on any atom is -0.508 e. The summed E-state index contributed by atoms with van der Waals surface area (Å²) < 4.78 is 44.7. The van der Waals surface area contributed by atoms with Crippen LogP contribution in [0.5, 0.6) is 11.6 Å². The van der Waals surface area contributed by atoms with E-state index in [2.05, 4.69) is 16.8 Å². The van der Waals surface area contributed by atoms with Gasteiger partial charge in [-0.2, -0.15) is 13.2 Å². The maximum Gasteiger partial charge on any atom is 0.417 e. The van der Waals surface area contributed by atoms with E-state index in [4.69, 9.17) is 4.74 Å². The van der Waals surface area contributed by atoms with E-state index < -0.39 is 23.5 Å². The number of methoxy groups -OCH3 is 1. The van der Waals surface area contributed by atoms with Gasteiger partial charge in [-0.05, 0) is 48.0 Å². The monoisotopic (exact) mass is 413 g/mol. The molecule has 0 amide bonds. The van der Waals surface area contributed by atoms with Crippen LogP contribution in [0.3, 0.4) is 0 Å². The predicted octanol–water partition coefficient (Wildman–Crippen LogP) is 4.58. The van der Waals surface area contributed by atoms with Crippen LogP contribution < -0.4 is 4.74 Å². The molecule has 3 aromatic rings. The number of carbonyl (C=O) groups is 1. The molecule has 30 heavy (non-hydrogen) atoms. The van der Waals surface area contributed by atoms with Gasteiger partial charge in [-0.15, -0.1) is 0 Å². The van der Waals surface area contributed by atoms with Crippen molar-refractivity contribution in [3.63, 3.8) is 0 Å². The molecule has 0 fully saturated rings. The summed E-state index contributed by atoms with van der Waals surface area (Å²) in [4.78, 5) is 15.4. The second-order valence-corrected chi connectivity index (χ2v) is 6.13. The number of nitrogens with zero attached hydrogens (tertiary/aromatic N) is 1. The van der Waals surface area contributed by atoms with Crippen molar-refractivity contribution in [2.45, 2.75) is 6.18 Å². The summed E-state index contributed by atoms with van der Waals surface area (Å²) in [7, 11) is 1.44. The van der Waals surface area contributed by atoms with Crippen LogP contribution in [0.25, 0.3) is 11.1 Å². The number of aromatic hydroxyl groups is 1. The number of hydrogen-bond donors (Lipinski definition) is 2. The van der Waals surface area contributed by atoms with E-state index in [0.717, 1.165) is 12.1 Å². The molecule has 0 atom stereocenters. The van der Waals surface area contributed by atoms with Crippen LogP contribution in [-0.4, -0.2) is 28.3 Å². The van der Waals surface area contributed by atoms with Gasteiger partial charge in [-0.25, -0.2) is 9.78 Å². The highest BCUT2D eigenvalue weighted by Crippen LogP contribution is 2.34. The average molecular weight is 413 g/mol. The second-order valence-electron chi connectivity index (χ2n) is 6.13. The number of aromatic carboxylic acids is 1. The van der Waals surface area contributed by atoms with Crippen LogP contribution in [0.2, 0.25) is 0 Å². The Hall–Kier alpha value is -3.99. The van der Waals surface area contributed by atoms with E-state index in [0.29, 0.717) is 28.6 Å². The van der Waals surface area contributed by atoms with Gasteiger partial charge < -0.3 is 14.9 Å². The number of hydrogen-bond acceptors (Lipinski definition) is 4. The van der Waals surface area contributed by atoms with Crippen molar-refractivity contribution in [3.05, 3.63) is 77.0 Å². The lowest BCUT2D eigenvalue weighted by molar-refractivity contribution is -0.137. The molecule has 0 spiro atoms. The Morgan fingerprint density at radius 2 is 1.73 bits per heavy atom. The van der Waals surface area contributed by atoms with Crippen molar-refractivity contribution in [2.75, 3.05) is 7.11 Å². The minimum absolute atomic E-state index is 0.00742. The molecular weight excluding hydrogens is 399 g/mol. The fourth-order valence-electron chi connectivity index (χ4n) is 2.70. The fourth-order valence-corrected chi connectivity index (χ4v) is 2.70. The Kier molecular flexibility index (Phi) is 5.65. The largest absolute Gasteiger partial charge is 0.508 e. The minimum atomic E-state index is -4.70. The molecular formula is C22H14F3NO4. The van der Waals surface area contributed by atoms with Gasteiger partial charge in [0.05, 0.1) is 18.2 Å². The Bertz CT molecular complexity index is 1160. The number of phenols is 1. The van der Waals surface area contributed by atoms with Crippen LogP contribution >= 0.6 is 0 Å². The molecule has 8 heteroatoms. The van der Waals surface area contributed by atoms with Gasteiger partial charge in [0.2, 0.25) is 5.88 Å². The molecule has 2 aromatic carbocycles. The highest BCUT2D eigenvalue weighted by atomic mass is 19.4. The first-order chi connectivity index (χ1) is 14.2. The standard InChI is InChI=1S/C22H14F3NO4/c1-30-20-9-7-16(12-26-20)18-10-15(21(28)29)5-3-13(18)2-4-14-6-8-17(27)11-19(14)22(23,24)25/h3,5-12,27H,1H3,(H,28,29).